The Bertz CT molecular complexity index is 306. The molecular formula is C13H18O2. The van der Waals surface area contributed by atoms with E-state index in [2.05, 4.69) is 0 Å². The molecular weight excluding hydrogens is 188 g/mol. The van der Waals surface area contributed by atoms with Crippen molar-refractivity contribution in [3.8, 4) is 5.75 Å². The number of carbonyl (C=O) groups excluding carboxylic acids is 1. The molecule has 0 bridgehead atoms. The van der Waals surface area contributed by atoms with Gasteiger partial charge in [0.15, 0.2) is 0 Å². The molecule has 82 valence electrons. The van der Waals surface area contributed by atoms with Crippen molar-refractivity contribution in [3.05, 3.63) is 29.8 Å². The Morgan fingerprint density at radius 3 is 2.27 bits per heavy atom. The van der Waals surface area contributed by atoms with Crippen LogP contribution in [0.5, 0.6) is 5.75 Å². The van der Waals surface area contributed by atoms with Crippen molar-refractivity contribution in [1.82, 2.24) is 0 Å². The minimum atomic E-state index is -0.162. The van der Waals surface area contributed by atoms with Crippen molar-refractivity contribution >= 4 is 6.29 Å². The second-order valence-electron chi connectivity index (χ2n) is 4.56. The van der Waals surface area contributed by atoms with Gasteiger partial charge >= 0.3 is 0 Å². The van der Waals surface area contributed by atoms with E-state index in [1.54, 1.807) is 0 Å². The summed E-state index contributed by atoms with van der Waals surface area (Å²) in [5.74, 6) is 0.873. The van der Waals surface area contributed by atoms with E-state index in [-0.39, 0.29) is 5.60 Å². The second-order valence-corrected chi connectivity index (χ2v) is 4.56. The van der Waals surface area contributed by atoms with Gasteiger partial charge in [-0.05, 0) is 44.9 Å². The minimum absolute atomic E-state index is 0.162. The zero-order chi connectivity index (χ0) is 11.3. The maximum atomic E-state index is 10.2. The highest BCUT2D eigenvalue weighted by Crippen LogP contribution is 2.18. The van der Waals surface area contributed by atoms with Gasteiger partial charge in [-0.15, -0.1) is 0 Å². The maximum Gasteiger partial charge on any atom is 0.120 e. The van der Waals surface area contributed by atoms with Crippen molar-refractivity contribution in [2.75, 3.05) is 0 Å². The summed E-state index contributed by atoms with van der Waals surface area (Å²) in [6.45, 7) is 6.06. The van der Waals surface area contributed by atoms with Gasteiger partial charge in [0.1, 0.15) is 17.6 Å². The predicted molar refractivity (Wildman–Crippen MR) is 61.2 cm³/mol. The Labute approximate surface area is 91.3 Å². The van der Waals surface area contributed by atoms with Crippen LogP contribution in [0, 0.1) is 0 Å². The SMILES string of the molecule is CC(C)(C)Oc1ccc(CCC=O)cc1. The topological polar surface area (TPSA) is 26.3 Å². The lowest BCUT2D eigenvalue weighted by atomic mass is 10.1. The van der Waals surface area contributed by atoms with Gasteiger partial charge in [0, 0.05) is 6.42 Å². The van der Waals surface area contributed by atoms with Crippen molar-refractivity contribution in [2.45, 2.75) is 39.2 Å². The van der Waals surface area contributed by atoms with Crippen molar-refractivity contribution in [3.63, 3.8) is 0 Å². The fraction of sp³-hybridized carbons (Fsp3) is 0.462. The Kier molecular flexibility index (Phi) is 3.89. The normalized spacial score (nSPS) is 11.1. The van der Waals surface area contributed by atoms with Crippen LogP contribution < -0.4 is 4.74 Å². The molecule has 0 unspecified atom stereocenters. The summed E-state index contributed by atoms with van der Waals surface area (Å²) in [7, 11) is 0. The molecule has 1 aromatic rings. The molecule has 0 spiro atoms. The molecule has 0 radical (unpaired) electrons. The number of ether oxygens (including phenoxy) is 1. The van der Waals surface area contributed by atoms with Gasteiger partial charge in [-0.1, -0.05) is 12.1 Å². The van der Waals surface area contributed by atoms with Gasteiger partial charge in [0.2, 0.25) is 0 Å². The van der Waals surface area contributed by atoms with Gasteiger partial charge in [-0.3, -0.25) is 0 Å². The van der Waals surface area contributed by atoms with Crippen LogP contribution in [0.3, 0.4) is 0 Å². The van der Waals surface area contributed by atoms with Crippen LogP contribution in [-0.2, 0) is 11.2 Å². The van der Waals surface area contributed by atoms with Gasteiger partial charge in [-0.25, -0.2) is 0 Å². The van der Waals surface area contributed by atoms with Crippen molar-refractivity contribution in [2.24, 2.45) is 0 Å². The van der Waals surface area contributed by atoms with Crippen LogP contribution in [-0.4, -0.2) is 11.9 Å². The van der Waals surface area contributed by atoms with E-state index >= 15 is 0 Å². The third-order valence-corrected chi connectivity index (χ3v) is 1.90. The van der Waals surface area contributed by atoms with Crippen molar-refractivity contribution in [1.29, 1.82) is 0 Å². The summed E-state index contributed by atoms with van der Waals surface area (Å²) >= 11 is 0. The molecule has 0 aliphatic rings. The van der Waals surface area contributed by atoms with Crippen LogP contribution in [0.2, 0.25) is 0 Å². The molecule has 15 heavy (non-hydrogen) atoms. The molecule has 0 N–H and O–H groups in total. The first kappa shape index (κ1) is 11.8. The molecule has 0 saturated carbocycles. The van der Waals surface area contributed by atoms with Crippen LogP contribution >= 0.6 is 0 Å². The highest BCUT2D eigenvalue weighted by atomic mass is 16.5. The van der Waals surface area contributed by atoms with Crippen molar-refractivity contribution < 1.29 is 9.53 Å². The van der Waals surface area contributed by atoms with Gasteiger partial charge in [-0.2, -0.15) is 0 Å². The maximum absolute atomic E-state index is 10.2. The van der Waals surface area contributed by atoms with E-state index in [0.717, 1.165) is 18.5 Å². The molecule has 0 atom stereocenters. The fourth-order valence-corrected chi connectivity index (χ4v) is 1.30. The molecule has 2 heteroatoms. The average molecular weight is 206 g/mol. The molecule has 0 amide bonds. The predicted octanol–water partition coefficient (Wildman–Crippen LogP) is 3.00. The quantitative estimate of drug-likeness (QED) is 0.708. The van der Waals surface area contributed by atoms with E-state index in [0.29, 0.717) is 6.42 Å². The highest BCUT2D eigenvalue weighted by molar-refractivity contribution is 5.50. The van der Waals surface area contributed by atoms with Gasteiger partial charge in [0.25, 0.3) is 0 Å². The summed E-state index contributed by atoms with van der Waals surface area (Å²) in [4.78, 5) is 10.2. The number of hydrogen-bond donors (Lipinski definition) is 0. The number of hydrogen-bond acceptors (Lipinski definition) is 2. The second kappa shape index (κ2) is 4.96. The Morgan fingerprint density at radius 2 is 1.80 bits per heavy atom. The van der Waals surface area contributed by atoms with E-state index in [4.69, 9.17) is 4.74 Å². The monoisotopic (exact) mass is 206 g/mol. The summed E-state index contributed by atoms with van der Waals surface area (Å²) in [5.41, 5.74) is 1.01. The molecule has 0 fully saturated rings. The molecule has 0 aromatic heterocycles. The largest absolute Gasteiger partial charge is 0.488 e. The Hall–Kier alpha value is -1.31. The highest BCUT2D eigenvalue weighted by Gasteiger charge is 2.11. The number of benzene rings is 1. The van der Waals surface area contributed by atoms with Crippen LogP contribution in [0.15, 0.2) is 24.3 Å². The zero-order valence-corrected chi connectivity index (χ0v) is 9.62. The minimum Gasteiger partial charge on any atom is -0.488 e. The molecule has 1 aromatic carbocycles. The summed E-state index contributed by atoms with van der Waals surface area (Å²) in [6, 6.07) is 7.91. The molecule has 0 aliphatic carbocycles. The first-order chi connectivity index (χ1) is 7.01. The average Bonchev–Trinajstić information content (AvgIpc) is 2.14. The summed E-state index contributed by atoms with van der Waals surface area (Å²) in [5, 5.41) is 0. The lowest BCUT2D eigenvalue weighted by molar-refractivity contribution is -0.107. The van der Waals surface area contributed by atoms with Gasteiger partial charge in [0.05, 0.1) is 0 Å². The molecule has 2 nitrogen and oxygen atoms in total. The van der Waals surface area contributed by atoms with E-state index in [1.165, 1.54) is 5.56 Å². The summed E-state index contributed by atoms with van der Waals surface area (Å²) in [6.07, 6.45) is 2.33. The molecule has 1 rings (SSSR count). The first-order valence-corrected chi connectivity index (χ1v) is 5.23. The Morgan fingerprint density at radius 1 is 1.20 bits per heavy atom. The third kappa shape index (κ3) is 4.63. The van der Waals surface area contributed by atoms with Gasteiger partial charge < -0.3 is 9.53 Å². The van der Waals surface area contributed by atoms with Crippen LogP contribution in [0.25, 0.3) is 0 Å². The number of aryl methyl sites for hydroxylation is 1. The lowest BCUT2D eigenvalue weighted by Gasteiger charge is -2.21. The number of aldehydes is 1. The molecule has 0 aliphatic heterocycles. The van der Waals surface area contributed by atoms with Crippen LogP contribution in [0.4, 0.5) is 0 Å². The molecule has 0 saturated heterocycles. The summed E-state index contributed by atoms with van der Waals surface area (Å²) < 4.78 is 5.69. The fourth-order valence-electron chi connectivity index (χ4n) is 1.30. The third-order valence-electron chi connectivity index (χ3n) is 1.90. The molecule has 0 heterocycles. The lowest BCUT2D eigenvalue weighted by Crippen LogP contribution is -2.22. The van der Waals surface area contributed by atoms with Crippen LogP contribution in [0.1, 0.15) is 32.8 Å². The van der Waals surface area contributed by atoms with E-state index in [9.17, 15) is 4.79 Å². The smallest absolute Gasteiger partial charge is 0.120 e. The standard InChI is InChI=1S/C13H18O2/c1-13(2,3)15-12-8-6-11(7-9-12)5-4-10-14/h6-10H,4-5H2,1-3H3. The van der Waals surface area contributed by atoms with E-state index < -0.39 is 0 Å². The number of rotatable bonds is 4. The number of carbonyl (C=O) groups is 1. The van der Waals surface area contributed by atoms with E-state index in [1.807, 2.05) is 45.0 Å². The zero-order valence-electron chi connectivity index (χ0n) is 9.62. The first-order valence-electron chi connectivity index (χ1n) is 5.23. The Balaban J connectivity index is 2.60.